The van der Waals surface area contributed by atoms with Crippen LogP contribution in [-0.4, -0.2) is 14.1 Å². The molecule has 0 aliphatic rings. The van der Waals surface area contributed by atoms with Crippen LogP contribution in [0, 0.1) is 5.92 Å². The molecule has 0 radical (unpaired) electrons. The Morgan fingerprint density at radius 3 is 0.889 bits per heavy atom. The highest BCUT2D eigenvalue weighted by atomic mass is 14.7. The highest BCUT2D eigenvalue weighted by molar-refractivity contribution is 4.20. The van der Waals surface area contributed by atoms with E-state index in [1.54, 1.807) is 0 Å². The van der Waals surface area contributed by atoms with E-state index in [0.29, 0.717) is 0 Å². The van der Waals surface area contributed by atoms with Gasteiger partial charge in [0.1, 0.15) is 0 Å². The first-order valence-corrected chi connectivity index (χ1v) is 3.73. The smallest absolute Gasteiger partial charge is 0.0167 e. The van der Waals surface area contributed by atoms with E-state index < -0.39 is 0 Å². The van der Waals surface area contributed by atoms with Crippen molar-refractivity contribution in [3.8, 4) is 0 Å². The zero-order valence-corrected chi connectivity index (χ0v) is 8.08. The average Bonchev–Trinajstić information content (AvgIpc) is 1.71. The van der Waals surface area contributed by atoms with E-state index in [1.807, 2.05) is 27.9 Å². The molecule has 0 saturated carbocycles. The molecule has 0 aliphatic carbocycles. The van der Waals surface area contributed by atoms with Crippen molar-refractivity contribution < 1.29 is 0 Å². The first-order chi connectivity index (χ1) is 4.15. The summed E-state index contributed by atoms with van der Waals surface area (Å²) in [6, 6.07) is 0. The quantitative estimate of drug-likeness (QED) is 0.535. The number of hydrogen-bond donors (Lipinski definition) is 1. The van der Waals surface area contributed by atoms with Crippen molar-refractivity contribution in [2.45, 2.75) is 34.6 Å². The maximum Gasteiger partial charge on any atom is -0.0167 e. The SMILES string of the molecule is CC.CC(C)C.CNC. The van der Waals surface area contributed by atoms with Gasteiger partial charge in [0, 0.05) is 0 Å². The van der Waals surface area contributed by atoms with Gasteiger partial charge in [-0.3, -0.25) is 0 Å². The molecule has 1 nitrogen and oxygen atoms in total. The zero-order valence-electron chi connectivity index (χ0n) is 8.08. The molecule has 0 saturated heterocycles. The third-order valence-electron chi connectivity index (χ3n) is 0. The van der Waals surface area contributed by atoms with Gasteiger partial charge in [-0.2, -0.15) is 0 Å². The van der Waals surface area contributed by atoms with Gasteiger partial charge in [0.05, 0.1) is 0 Å². The van der Waals surface area contributed by atoms with Gasteiger partial charge in [-0.05, 0) is 20.0 Å². The van der Waals surface area contributed by atoms with Crippen LogP contribution in [0.25, 0.3) is 0 Å². The molecule has 0 rings (SSSR count). The minimum atomic E-state index is 0.833. The highest BCUT2D eigenvalue weighted by Gasteiger charge is 1.68. The van der Waals surface area contributed by atoms with Crippen molar-refractivity contribution in [2.24, 2.45) is 5.92 Å². The van der Waals surface area contributed by atoms with Gasteiger partial charge < -0.3 is 5.32 Å². The molecule has 9 heavy (non-hydrogen) atoms. The summed E-state index contributed by atoms with van der Waals surface area (Å²) in [5.41, 5.74) is 0. The fourth-order valence-electron chi connectivity index (χ4n) is 0. The summed E-state index contributed by atoms with van der Waals surface area (Å²) < 4.78 is 0. The van der Waals surface area contributed by atoms with E-state index in [4.69, 9.17) is 0 Å². The van der Waals surface area contributed by atoms with E-state index in [9.17, 15) is 0 Å². The minimum absolute atomic E-state index is 0.833. The lowest BCUT2D eigenvalue weighted by Crippen LogP contribution is -1.89. The van der Waals surface area contributed by atoms with Crippen LogP contribution in [0.4, 0.5) is 0 Å². The van der Waals surface area contributed by atoms with Crippen LogP contribution in [0.2, 0.25) is 0 Å². The molecule has 0 unspecified atom stereocenters. The topological polar surface area (TPSA) is 12.0 Å². The molecule has 1 N–H and O–H groups in total. The van der Waals surface area contributed by atoms with Crippen molar-refractivity contribution in [3.05, 3.63) is 0 Å². The van der Waals surface area contributed by atoms with E-state index in [-0.39, 0.29) is 0 Å². The predicted molar refractivity (Wildman–Crippen MR) is 46.8 cm³/mol. The minimum Gasteiger partial charge on any atom is -0.323 e. The van der Waals surface area contributed by atoms with Crippen LogP contribution in [0.1, 0.15) is 34.6 Å². The lowest BCUT2D eigenvalue weighted by molar-refractivity contribution is 0.737. The van der Waals surface area contributed by atoms with Crippen LogP contribution in [-0.2, 0) is 0 Å². The van der Waals surface area contributed by atoms with Crippen LogP contribution in [0.15, 0.2) is 0 Å². The number of nitrogens with one attached hydrogen (secondary N) is 1. The Bertz CT molecular complexity index is 15.8. The Balaban J connectivity index is -0.0000000646. The fraction of sp³-hybridized carbons (Fsp3) is 1.00. The molecular weight excluding hydrogens is 110 g/mol. The maximum atomic E-state index is 2.75. The predicted octanol–water partition coefficient (Wildman–Crippen LogP) is 2.52. The van der Waals surface area contributed by atoms with Gasteiger partial charge in [-0.15, -0.1) is 0 Å². The molecular formula is C8H23N. The van der Waals surface area contributed by atoms with Crippen LogP contribution in [0.3, 0.4) is 0 Å². The molecule has 0 aliphatic heterocycles. The summed E-state index contributed by atoms with van der Waals surface area (Å²) in [6.45, 7) is 10.5. The second-order valence-electron chi connectivity index (χ2n) is 2.23. The van der Waals surface area contributed by atoms with Gasteiger partial charge in [0.2, 0.25) is 0 Å². The van der Waals surface area contributed by atoms with E-state index in [2.05, 4.69) is 26.1 Å². The first-order valence-electron chi connectivity index (χ1n) is 3.73. The van der Waals surface area contributed by atoms with E-state index >= 15 is 0 Å². The summed E-state index contributed by atoms with van der Waals surface area (Å²) in [4.78, 5) is 0. The summed E-state index contributed by atoms with van der Waals surface area (Å²) in [7, 11) is 3.75. The Morgan fingerprint density at radius 1 is 0.889 bits per heavy atom. The van der Waals surface area contributed by atoms with Gasteiger partial charge in [0.25, 0.3) is 0 Å². The molecule has 0 aromatic carbocycles. The van der Waals surface area contributed by atoms with Crippen molar-refractivity contribution in [1.29, 1.82) is 0 Å². The molecule has 0 bridgehead atoms. The fourth-order valence-corrected chi connectivity index (χ4v) is 0. The average molecular weight is 133 g/mol. The number of rotatable bonds is 0. The van der Waals surface area contributed by atoms with Crippen molar-refractivity contribution in [2.75, 3.05) is 14.1 Å². The Kier molecular flexibility index (Phi) is 43.7. The Labute approximate surface area is 60.9 Å². The molecule has 0 aromatic heterocycles. The monoisotopic (exact) mass is 133 g/mol. The molecule has 0 spiro atoms. The van der Waals surface area contributed by atoms with E-state index in [1.165, 1.54) is 0 Å². The second kappa shape index (κ2) is 24.6. The summed E-state index contributed by atoms with van der Waals surface area (Å²) in [5, 5.41) is 2.75. The lowest BCUT2D eigenvalue weighted by atomic mass is 10.3. The summed E-state index contributed by atoms with van der Waals surface area (Å²) in [5.74, 6) is 0.833. The number of hydrogen-bond acceptors (Lipinski definition) is 1. The Morgan fingerprint density at radius 2 is 0.889 bits per heavy atom. The third kappa shape index (κ3) is 177000. The van der Waals surface area contributed by atoms with Gasteiger partial charge in [-0.1, -0.05) is 34.6 Å². The van der Waals surface area contributed by atoms with Gasteiger partial charge in [0.15, 0.2) is 0 Å². The van der Waals surface area contributed by atoms with Gasteiger partial charge in [-0.25, -0.2) is 0 Å². The van der Waals surface area contributed by atoms with Crippen LogP contribution in [0.5, 0.6) is 0 Å². The van der Waals surface area contributed by atoms with E-state index in [0.717, 1.165) is 5.92 Å². The highest BCUT2D eigenvalue weighted by Crippen LogP contribution is 1.81. The largest absolute Gasteiger partial charge is 0.323 e. The summed E-state index contributed by atoms with van der Waals surface area (Å²) in [6.07, 6.45) is 0. The first kappa shape index (κ1) is 16.0. The standard InChI is InChI=1S/C4H10.C2H7N.C2H6/c1-4(2)3;1-3-2;1-2/h4H,1-3H3;3H,1-2H3;1-2H3. The summed E-state index contributed by atoms with van der Waals surface area (Å²) >= 11 is 0. The molecule has 0 amide bonds. The van der Waals surface area contributed by atoms with Crippen molar-refractivity contribution in [1.82, 2.24) is 5.32 Å². The Hall–Kier alpha value is -0.0400. The molecule has 60 valence electrons. The van der Waals surface area contributed by atoms with Crippen LogP contribution >= 0.6 is 0 Å². The third-order valence-corrected chi connectivity index (χ3v) is 0. The normalized spacial score (nSPS) is 6.67. The molecule has 0 fully saturated rings. The van der Waals surface area contributed by atoms with Crippen molar-refractivity contribution in [3.63, 3.8) is 0 Å². The zero-order chi connectivity index (χ0) is 8.28. The molecule has 0 heterocycles. The van der Waals surface area contributed by atoms with Crippen LogP contribution < -0.4 is 5.32 Å². The second-order valence-corrected chi connectivity index (χ2v) is 2.23. The lowest BCUT2D eigenvalue weighted by Gasteiger charge is -1.79. The molecule has 1 heteroatoms. The van der Waals surface area contributed by atoms with Crippen molar-refractivity contribution >= 4 is 0 Å². The molecule has 0 aromatic rings. The maximum absolute atomic E-state index is 2.75. The molecule has 0 atom stereocenters. The van der Waals surface area contributed by atoms with Gasteiger partial charge >= 0.3 is 0 Å².